The number of furan rings is 1. The Kier molecular flexibility index (Phi) is 5.36. The van der Waals surface area contributed by atoms with E-state index in [1.165, 1.54) is 11.8 Å². The molecule has 5 nitrogen and oxygen atoms in total. The van der Waals surface area contributed by atoms with E-state index in [4.69, 9.17) is 9.15 Å². The fraction of sp³-hybridized carbons (Fsp3) is 0.0476. The smallest absolute Gasteiger partial charge is 0.264 e. The van der Waals surface area contributed by atoms with Crippen molar-refractivity contribution in [3.05, 3.63) is 75.8 Å². The molecule has 1 amide bonds. The minimum atomic E-state index is -0.196. The number of thioether (sulfide) groups is 1. The molecule has 0 saturated carbocycles. The summed E-state index contributed by atoms with van der Waals surface area (Å²) < 4.78 is 12.0. The van der Waals surface area contributed by atoms with Gasteiger partial charge in [0.25, 0.3) is 5.91 Å². The van der Waals surface area contributed by atoms with Gasteiger partial charge in [0.2, 0.25) is 0 Å². The van der Waals surface area contributed by atoms with E-state index in [2.05, 4.69) is 26.2 Å². The molecule has 2 aromatic carbocycles. The number of benzene rings is 2. The fourth-order valence-corrected chi connectivity index (χ4v) is 3.67. The van der Waals surface area contributed by atoms with Gasteiger partial charge in [0, 0.05) is 16.1 Å². The Balaban J connectivity index is 1.51. The van der Waals surface area contributed by atoms with Gasteiger partial charge < -0.3 is 14.5 Å². The summed E-state index contributed by atoms with van der Waals surface area (Å²) >= 11 is 4.70. The van der Waals surface area contributed by atoms with Gasteiger partial charge in [-0.05, 0) is 60.3 Å². The van der Waals surface area contributed by atoms with Crippen molar-refractivity contribution in [2.75, 3.05) is 7.11 Å². The molecule has 1 N–H and O–H groups in total. The molecule has 0 radical (unpaired) electrons. The molecule has 4 rings (SSSR count). The second-order valence-electron chi connectivity index (χ2n) is 5.89. The molecule has 1 aliphatic heterocycles. The molecule has 0 atom stereocenters. The van der Waals surface area contributed by atoms with E-state index < -0.39 is 0 Å². The lowest BCUT2D eigenvalue weighted by Crippen LogP contribution is -2.19. The van der Waals surface area contributed by atoms with Crippen LogP contribution in [0.3, 0.4) is 0 Å². The second kappa shape index (κ2) is 8.08. The number of aliphatic imine (C=N–C) groups is 1. The van der Waals surface area contributed by atoms with Crippen molar-refractivity contribution in [3.63, 3.8) is 0 Å². The van der Waals surface area contributed by atoms with Crippen molar-refractivity contribution in [2.45, 2.75) is 0 Å². The van der Waals surface area contributed by atoms with Crippen molar-refractivity contribution >= 4 is 50.5 Å². The van der Waals surface area contributed by atoms with Gasteiger partial charge >= 0.3 is 0 Å². The maximum atomic E-state index is 12.2. The highest BCUT2D eigenvalue weighted by molar-refractivity contribution is 9.10. The third kappa shape index (κ3) is 4.21. The monoisotopic (exact) mass is 454 g/mol. The number of hydrogen-bond donors (Lipinski definition) is 1. The SMILES string of the molecule is COc1ccc(N=C2NC(=O)/C(=C\c3ccc(-c4ccc(Br)cc4)o3)S2)cc1. The van der Waals surface area contributed by atoms with Crippen LogP contribution < -0.4 is 10.1 Å². The number of carbonyl (C=O) groups excluding carboxylic acids is 1. The first-order valence-electron chi connectivity index (χ1n) is 8.40. The first kappa shape index (κ1) is 18.6. The summed E-state index contributed by atoms with van der Waals surface area (Å²) in [4.78, 5) is 17.2. The van der Waals surface area contributed by atoms with Gasteiger partial charge in [0.05, 0.1) is 17.7 Å². The van der Waals surface area contributed by atoms with E-state index in [-0.39, 0.29) is 5.91 Å². The average molecular weight is 455 g/mol. The third-order valence-electron chi connectivity index (χ3n) is 3.98. The number of nitrogens with one attached hydrogen (secondary N) is 1. The highest BCUT2D eigenvalue weighted by Gasteiger charge is 2.24. The van der Waals surface area contributed by atoms with Crippen molar-refractivity contribution in [1.29, 1.82) is 0 Å². The van der Waals surface area contributed by atoms with Crippen molar-refractivity contribution in [2.24, 2.45) is 4.99 Å². The van der Waals surface area contributed by atoms with Crippen LogP contribution in [0.15, 0.2) is 79.5 Å². The lowest BCUT2D eigenvalue weighted by Gasteiger charge is -1.99. The third-order valence-corrected chi connectivity index (χ3v) is 5.42. The molecule has 0 bridgehead atoms. The molecule has 1 aliphatic rings. The molecule has 1 saturated heterocycles. The van der Waals surface area contributed by atoms with Crippen molar-refractivity contribution in [1.82, 2.24) is 5.32 Å². The van der Waals surface area contributed by atoms with Crippen LogP contribution in [0.25, 0.3) is 17.4 Å². The number of amidine groups is 1. The molecule has 28 heavy (non-hydrogen) atoms. The van der Waals surface area contributed by atoms with Crippen LogP contribution in [-0.4, -0.2) is 18.2 Å². The molecule has 0 spiro atoms. The molecular weight excluding hydrogens is 440 g/mol. The molecule has 0 unspecified atom stereocenters. The molecule has 140 valence electrons. The quantitative estimate of drug-likeness (QED) is 0.520. The average Bonchev–Trinajstić information content (AvgIpc) is 3.30. The Labute approximate surface area is 174 Å². The Morgan fingerprint density at radius 3 is 2.54 bits per heavy atom. The zero-order valence-electron chi connectivity index (χ0n) is 14.8. The summed E-state index contributed by atoms with van der Waals surface area (Å²) in [6.45, 7) is 0. The van der Waals surface area contributed by atoms with Crippen LogP contribution in [0.4, 0.5) is 5.69 Å². The van der Waals surface area contributed by atoms with Crippen LogP contribution >= 0.6 is 27.7 Å². The maximum Gasteiger partial charge on any atom is 0.264 e. The van der Waals surface area contributed by atoms with E-state index >= 15 is 0 Å². The Morgan fingerprint density at radius 1 is 1.07 bits per heavy atom. The summed E-state index contributed by atoms with van der Waals surface area (Å²) in [6.07, 6.45) is 1.72. The van der Waals surface area contributed by atoms with Gasteiger partial charge in [0.1, 0.15) is 17.3 Å². The van der Waals surface area contributed by atoms with E-state index in [1.54, 1.807) is 13.2 Å². The number of carbonyl (C=O) groups is 1. The van der Waals surface area contributed by atoms with Crippen LogP contribution in [-0.2, 0) is 4.79 Å². The Morgan fingerprint density at radius 2 is 1.82 bits per heavy atom. The minimum Gasteiger partial charge on any atom is -0.497 e. The van der Waals surface area contributed by atoms with Gasteiger partial charge in [0.15, 0.2) is 5.17 Å². The van der Waals surface area contributed by atoms with Gasteiger partial charge in [-0.25, -0.2) is 4.99 Å². The second-order valence-corrected chi connectivity index (χ2v) is 7.83. The number of ether oxygens (including phenoxy) is 1. The zero-order valence-corrected chi connectivity index (χ0v) is 17.2. The number of methoxy groups -OCH3 is 1. The topological polar surface area (TPSA) is 63.8 Å². The number of nitrogens with zero attached hydrogens (tertiary/aromatic N) is 1. The van der Waals surface area contributed by atoms with Crippen LogP contribution in [0.1, 0.15) is 5.76 Å². The predicted octanol–water partition coefficient (Wildman–Crippen LogP) is 5.61. The van der Waals surface area contributed by atoms with Crippen molar-refractivity contribution < 1.29 is 13.9 Å². The number of rotatable bonds is 4. The molecule has 1 fully saturated rings. The first-order chi connectivity index (χ1) is 13.6. The minimum absolute atomic E-state index is 0.196. The lowest BCUT2D eigenvalue weighted by molar-refractivity contribution is -0.115. The van der Waals surface area contributed by atoms with Crippen LogP contribution in [0.2, 0.25) is 0 Å². The van der Waals surface area contributed by atoms with E-state index in [1.807, 2.05) is 60.7 Å². The van der Waals surface area contributed by atoms with Crippen LogP contribution in [0, 0.1) is 0 Å². The van der Waals surface area contributed by atoms with Gasteiger partial charge in [-0.15, -0.1) is 0 Å². The first-order valence-corrected chi connectivity index (χ1v) is 10.0. The van der Waals surface area contributed by atoms with E-state index in [9.17, 15) is 4.79 Å². The van der Waals surface area contributed by atoms with Gasteiger partial charge in [-0.3, -0.25) is 4.79 Å². The van der Waals surface area contributed by atoms with Gasteiger partial charge in [-0.1, -0.05) is 28.1 Å². The molecule has 3 aromatic rings. The molecule has 7 heteroatoms. The maximum absolute atomic E-state index is 12.2. The highest BCUT2D eigenvalue weighted by atomic mass is 79.9. The molecule has 1 aromatic heterocycles. The highest BCUT2D eigenvalue weighted by Crippen LogP contribution is 2.30. The Bertz CT molecular complexity index is 1070. The standard InChI is InChI=1S/C21H15BrN2O3S/c1-26-16-8-6-15(7-9-16)23-21-24-20(25)19(28-21)12-17-10-11-18(27-17)13-2-4-14(22)5-3-13/h2-12H,1H3,(H,23,24,25)/b19-12+. The number of hydrogen-bond acceptors (Lipinski definition) is 5. The lowest BCUT2D eigenvalue weighted by atomic mass is 10.2. The van der Waals surface area contributed by atoms with Crippen LogP contribution in [0.5, 0.6) is 5.75 Å². The summed E-state index contributed by atoms with van der Waals surface area (Å²) in [5, 5.41) is 3.30. The summed E-state index contributed by atoms with van der Waals surface area (Å²) in [7, 11) is 1.61. The van der Waals surface area contributed by atoms with Crippen molar-refractivity contribution in [3.8, 4) is 17.1 Å². The summed E-state index contributed by atoms with van der Waals surface area (Å²) in [6, 6.07) is 18.9. The summed E-state index contributed by atoms with van der Waals surface area (Å²) in [5.74, 6) is 1.92. The predicted molar refractivity (Wildman–Crippen MR) is 116 cm³/mol. The molecular formula is C21H15BrN2O3S. The van der Waals surface area contributed by atoms with E-state index in [0.29, 0.717) is 15.8 Å². The van der Waals surface area contributed by atoms with Gasteiger partial charge in [-0.2, -0.15) is 0 Å². The number of amides is 1. The Hall–Kier alpha value is -2.77. The molecule has 0 aliphatic carbocycles. The normalized spacial score (nSPS) is 16.6. The molecule has 2 heterocycles. The number of halogens is 1. The van der Waals surface area contributed by atoms with E-state index in [0.717, 1.165) is 27.2 Å². The fourth-order valence-electron chi connectivity index (χ4n) is 2.58. The largest absolute Gasteiger partial charge is 0.497 e. The zero-order chi connectivity index (χ0) is 19.5. The summed E-state index contributed by atoms with van der Waals surface area (Å²) in [5.41, 5.74) is 1.71.